The Kier molecular flexibility index (Phi) is 5.06. The van der Waals surface area contributed by atoms with Gasteiger partial charge < -0.3 is 14.7 Å². The van der Waals surface area contributed by atoms with Gasteiger partial charge in [0.2, 0.25) is 0 Å². The van der Waals surface area contributed by atoms with E-state index in [9.17, 15) is 23.5 Å². The second kappa shape index (κ2) is 7.18. The highest BCUT2D eigenvalue weighted by Gasteiger charge is 2.35. The lowest BCUT2D eigenvalue weighted by Crippen LogP contribution is -2.27. The molecule has 1 aliphatic heterocycles. The van der Waals surface area contributed by atoms with Gasteiger partial charge in [-0.25, -0.2) is 18.6 Å². The van der Waals surface area contributed by atoms with Crippen LogP contribution in [0.5, 0.6) is 5.75 Å². The monoisotopic (exact) mass is 390 g/mol. The van der Waals surface area contributed by atoms with Gasteiger partial charge in [0, 0.05) is 30.8 Å². The van der Waals surface area contributed by atoms with E-state index in [4.69, 9.17) is 4.74 Å². The highest BCUT2D eigenvalue weighted by atomic mass is 19.3. The maximum atomic E-state index is 13.0. The van der Waals surface area contributed by atoms with Gasteiger partial charge >= 0.3 is 5.97 Å². The van der Waals surface area contributed by atoms with Gasteiger partial charge in [0.15, 0.2) is 12.3 Å². The van der Waals surface area contributed by atoms with E-state index in [-0.39, 0.29) is 24.2 Å². The number of nitrogens with zero attached hydrogens (tertiary/aromatic N) is 2. The van der Waals surface area contributed by atoms with E-state index in [1.54, 1.807) is 30.0 Å². The number of amides is 1. The van der Waals surface area contributed by atoms with Gasteiger partial charge in [-0.15, -0.1) is 0 Å². The fraction of sp³-hybridized carbons (Fsp3) is 0.350. The SMILES string of the molecule is Cc1cc(C(C)N2Cc3c(ccnc3C(=O)O)C2=O)ccc1OCC(C)(F)F. The highest BCUT2D eigenvalue weighted by Crippen LogP contribution is 2.34. The third-order valence-corrected chi connectivity index (χ3v) is 4.71. The molecule has 6 nitrogen and oxygen atoms in total. The molecule has 1 amide bonds. The number of aromatic carboxylic acids is 1. The summed E-state index contributed by atoms with van der Waals surface area (Å²) in [7, 11) is 0. The summed E-state index contributed by atoms with van der Waals surface area (Å²) in [4.78, 5) is 29.5. The maximum absolute atomic E-state index is 13.0. The summed E-state index contributed by atoms with van der Waals surface area (Å²) < 4.78 is 31.2. The molecule has 1 unspecified atom stereocenters. The summed E-state index contributed by atoms with van der Waals surface area (Å²) in [5.41, 5.74) is 2.07. The van der Waals surface area contributed by atoms with Crippen molar-refractivity contribution in [2.75, 3.05) is 6.61 Å². The smallest absolute Gasteiger partial charge is 0.354 e. The van der Waals surface area contributed by atoms with Gasteiger partial charge in [-0.05, 0) is 37.1 Å². The minimum atomic E-state index is -2.93. The number of carbonyl (C=O) groups excluding carboxylic acids is 1. The standard InChI is InChI=1S/C20H20F2N2O4/c1-11-8-13(4-5-16(11)28-10-20(3,21)22)12(2)24-9-15-14(18(24)25)6-7-23-17(15)19(26)27/h4-8,12H,9-10H2,1-3H3,(H,26,27). The molecule has 0 spiro atoms. The topological polar surface area (TPSA) is 79.7 Å². The second-order valence-electron chi connectivity index (χ2n) is 6.98. The Morgan fingerprint density at radius 2 is 2.11 bits per heavy atom. The molecule has 0 aliphatic carbocycles. The minimum Gasteiger partial charge on any atom is -0.487 e. The quantitative estimate of drug-likeness (QED) is 0.811. The Labute approximate surface area is 160 Å². The first-order chi connectivity index (χ1) is 13.1. The van der Waals surface area contributed by atoms with Crippen LogP contribution < -0.4 is 4.74 Å². The number of hydrogen-bond acceptors (Lipinski definition) is 4. The van der Waals surface area contributed by atoms with Gasteiger partial charge in [-0.2, -0.15) is 0 Å². The molecular formula is C20H20F2N2O4. The number of aryl methyl sites for hydroxylation is 1. The maximum Gasteiger partial charge on any atom is 0.354 e. The Bertz CT molecular complexity index is 940. The first kappa shape index (κ1) is 19.7. The number of carboxylic acids is 1. The lowest BCUT2D eigenvalue weighted by molar-refractivity contribution is -0.0231. The average molecular weight is 390 g/mol. The molecule has 3 rings (SSSR count). The second-order valence-corrected chi connectivity index (χ2v) is 6.98. The van der Waals surface area contributed by atoms with Crippen molar-refractivity contribution in [3.05, 3.63) is 58.4 Å². The predicted octanol–water partition coefficient (Wildman–Crippen LogP) is 3.84. The van der Waals surface area contributed by atoms with Crippen LogP contribution in [0.3, 0.4) is 0 Å². The fourth-order valence-corrected chi connectivity index (χ4v) is 3.23. The number of aromatic nitrogens is 1. The molecule has 0 radical (unpaired) electrons. The number of ether oxygens (including phenoxy) is 1. The number of rotatable bonds is 6. The number of fused-ring (bicyclic) bond motifs is 1. The number of carboxylic acid groups (broad SMARTS) is 1. The van der Waals surface area contributed by atoms with Crippen LogP contribution >= 0.6 is 0 Å². The molecule has 0 saturated carbocycles. The largest absolute Gasteiger partial charge is 0.487 e. The molecule has 8 heteroatoms. The summed E-state index contributed by atoms with van der Waals surface area (Å²) in [5, 5.41) is 9.29. The van der Waals surface area contributed by atoms with Crippen LogP contribution in [0, 0.1) is 6.92 Å². The zero-order valence-electron chi connectivity index (χ0n) is 15.7. The molecule has 1 aromatic heterocycles. The molecule has 1 aliphatic rings. The van der Waals surface area contributed by atoms with Crippen LogP contribution in [-0.4, -0.2) is 39.4 Å². The van der Waals surface area contributed by atoms with Gasteiger partial charge in [-0.3, -0.25) is 4.79 Å². The van der Waals surface area contributed by atoms with Crippen molar-refractivity contribution in [2.45, 2.75) is 39.3 Å². The average Bonchev–Trinajstić information content (AvgIpc) is 2.96. The van der Waals surface area contributed by atoms with Crippen LogP contribution in [0.1, 0.15) is 57.4 Å². The molecule has 1 aromatic carbocycles. The van der Waals surface area contributed by atoms with Crippen LogP contribution in [-0.2, 0) is 6.54 Å². The Balaban J connectivity index is 1.82. The molecule has 2 aromatic rings. The minimum absolute atomic E-state index is 0.124. The molecule has 0 fully saturated rings. The van der Waals surface area contributed by atoms with Gasteiger partial charge in [0.25, 0.3) is 11.8 Å². The van der Waals surface area contributed by atoms with Crippen molar-refractivity contribution < 1.29 is 28.2 Å². The molecule has 0 saturated heterocycles. The first-order valence-electron chi connectivity index (χ1n) is 8.72. The Hall–Kier alpha value is -3.03. The molecule has 0 bridgehead atoms. The van der Waals surface area contributed by atoms with E-state index >= 15 is 0 Å². The molecular weight excluding hydrogens is 370 g/mol. The zero-order chi connectivity index (χ0) is 20.6. The van der Waals surface area contributed by atoms with E-state index in [0.717, 1.165) is 12.5 Å². The van der Waals surface area contributed by atoms with Gasteiger partial charge in [0.1, 0.15) is 5.75 Å². The summed E-state index contributed by atoms with van der Waals surface area (Å²) in [6, 6.07) is 6.27. The van der Waals surface area contributed by atoms with Crippen LogP contribution in [0.4, 0.5) is 8.78 Å². The molecule has 2 heterocycles. The first-order valence-corrected chi connectivity index (χ1v) is 8.72. The van der Waals surface area contributed by atoms with Gasteiger partial charge in [0.05, 0.1) is 6.04 Å². The summed E-state index contributed by atoms with van der Waals surface area (Å²) in [5.74, 6) is -4.02. The van der Waals surface area contributed by atoms with Crippen molar-refractivity contribution in [3.8, 4) is 5.75 Å². The molecule has 28 heavy (non-hydrogen) atoms. The fourth-order valence-electron chi connectivity index (χ4n) is 3.23. The van der Waals surface area contributed by atoms with Crippen LogP contribution in [0.15, 0.2) is 30.5 Å². The summed E-state index contributed by atoms with van der Waals surface area (Å²) >= 11 is 0. The van der Waals surface area contributed by atoms with Crippen molar-refractivity contribution in [2.24, 2.45) is 0 Å². The van der Waals surface area contributed by atoms with Crippen molar-refractivity contribution in [1.29, 1.82) is 0 Å². The Morgan fingerprint density at radius 3 is 2.71 bits per heavy atom. The number of hydrogen-bond donors (Lipinski definition) is 1. The Morgan fingerprint density at radius 1 is 1.39 bits per heavy atom. The third-order valence-electron chi connectivity index (χ3n) is 4.71. The van der Waals surface area contributed by atoms with Crippen molar-refractivity contribution in [3.63, 3.8) is 0 Å². The van der Waals surface area contributed by atoms with Crippen LogP contribution in [0.25, 0.3) is 0 Å². The van der Waals surface area contributed by atoms with Crippen molar-refractivity contribution in [1.82, 2.24) is 9.88 Å². The number of pyridine rings is 1. The van der Waals surface area contributed by atoms with E-state index in [0.29, 0.717) is 22.4 Å². The van der Waals surface area contributed by atoms with E-state index in [1.807, 2.05) is 6.92 Å². The number of benzene rings is 1. The number of carbonyl (C=O) groups is 2. The molecule has 1 N–H and O–H groups in total. The van der Waals surface area contributed by atoms with Gasteiger partial charge in [-0.1, -0.05) is 12.1 Å². The highest BCUT2D eigenvalue weighted by molar-refractivity contribution is 6.01. The number of alkyl halides is 2. The molecule has 148 valence electrons. The molecule has 1 atom stereocenters. The van der Waals surface area contributed by atoms with Crippen molar-refractivity contribution >= 4 is 11.9 Å². The lowest BCUT2D eigenvalue weighted by atomic mass is 10.0. The summed E-state index contributed by atoms with van der Waals surface area (Å²) in [6.45, 7) is 3.78. The third kappa shape index (κ3) is 3.81. The predicted molar refractivity (Wildman–Crippen MR) is 96.8 cm³/mol. The van der Waals surface area contributed by atoms with Crippen LogP contribution in [0.2, 0.25) is 0 Å². The van der Waals surface area contributed by atoms with E-state index < -0.39 is 18.5 Å². The normalized spacial score (nSPS) is 14.8. The van der Waals surface area contributed by atoms with E-state index in [1.165, 1.54) is 12.3 Å². The number of halogens is 2. The van der Waals surface area contributed by atoms with E-state index in [2.05, 4.69) is 4.98 Å². The zero-order valence-corrected chi connectivity index (χ0v) is 15.7. The summed E-state index contributed by atoms with van der Waals surface area (Å²) in [6.07, 6.45) is 1.31. The lowest BCUT2D eigenvalue weighted by Gasteiger charge is -2.25.